The van der Waals surface area contributed by atoms with Gasteiger partial charge in [-0.05, 0) is 26.0 Å². The number of methoxy groups -OCH3 is 1. The van der Waals surface area contributed by atoms with Crippen molar-refractivity contribution in [2.24, 2.45) is 0 Å². The maximum atomic E-state index is 11.8. The third-order valence-electron chi connectivity index (χ3n) is 2.68. The summed E-state index contributed by atoms with van der Waals surface area (Å²) in [6.07, 6.45) is 0. The number of fused-ring (bicyclic) bond motifs is 1. The van der Waals surface area contributed by atoms with E-state index in [9.17, 15) is 4.79 Å². The third kappa shape index (κ3) is 1.71. The molecule has 4 heteroatoms. The molecule has 1 aromatic rings. The van der Waals surface area contributed by atoms with Gasteiger partial charge in [0.2, 0.25) is 5.91 Å². The first kappa shape index (κ1) is 10.8. The lowest BCUT2D eigenvalue weighted by Crippen LogP contribution is -2.44. The summed E-state index contributed by atoms with van der Waals surface area (Å²) in [6.45, 7) is 4.37. The molecule has 1 N–H and O–H groups in total. The van der Waals surface area contributed by atoms with Gasteiger partial charge in [-0.3, -0.25) is 4.79 Å². The van der Waals surface area contributed by atoms with Crippen molar-refractivity contribution in [1.82, 2.24) is 0 Å². The summed E-state index contributed by atoms with van der Waals surface area (Å²) in [5, 5.41) is 3.10. The number of anilines is 2. The third-order valence-corrected chi connectivity index (χ3v) is 2.68. The maximum Gasteiger partial charge on any atom is 0.246 e. The van der Waals surface area contributed by atoms with Crippen molar-refractivity contribution in [1.29, 1.82) is 0 Å². The van der Waals surface area contributed by atoms with E-state index in [-0.39, 0.29) is 11.9 Å². The quantitative estimate of drug-likeness (QED) is 0.827. The molecule has 0 fully saturated rings. The molecule has 1 heterocycles. The van der Waals surface area contributed by atoms with E-state index < -0.39 is 0 Å². The maximum absolute atomic E-state index is 11.8. The molecule has 16 heavy (non-hydrogen) atoms. The molecule has 4 nitrogen and oxygen atoms in total. The molecule has 0 bridgehead atoms. The van der Waals surface area contributed by atoms with E-state index in [0.29, 0.717) is 6.54 Å². The van der Waals surface area contributed by atoms with Crippen molar-refractivity contribution in [2.75, 3.05) is 23.9 Å². The zero-order chi connectivity index (χ0) is 11.7. The van der Waals surface area contributed by atoms with E-state index in [2.05, 4.69) is 5.32 Å². The van der Waals surface area contributed by atoms with Gasteiger partial charge in [-0.25, -0.2) is 0 Å². The van der Waals surface area contributed by atoms with Crippen molar-refractivity contribution in [3.63, 3.8) is 0 Å². The molecule has 86 valence electrons. The molecule has 1 aliphatic heterocycles. The molecule has 0 aromatic heterocycles. The van der Waals surface area contributed by atoms with Crippen LogP contribution in [0.3, 0.4) is 0 Å². The fourth-order valence-corrected chi connectivity index (χ4v) is 1.94. The number of carbonyl (C=O) groups is 1. The second-order valence-corrected chi connectivity index (χ2v) is 4.09. The monoisotopic (exact) mass is 220 g/mol. The number of hydrogen-bond donors (Lipinski definition) is 1. The summed E-state index contributed by atoms with van der Waals surface area (Å²) in [5.41, 5.74) is 1.87. The molecule has 1 aliphatic rings. The predicted octanol–water partition coefficient (Wildman–Crippen LogP) is 1.86. The Kier molecular flexibility index (Phi) is 2.73. The van der Waals surface area contributed by atoms with Crippen LogP contribution in [-0.2, 0) is 4.79 Å². The Hall–Kier alpha value is -1.71. The summed E-state index contributed by atoms with van der Waals surface area (Å²) < 4.78 is 5.18. The predicted molar refractivity (Wildman–Crippen MR) is 64.1 cm³/mol. The highest BCUT2D eigenvalue weighted by molar-refractivity contribution is 6.03. The van der Waals surface area contributed by atoms with Gasteiger partial charge in [-0.1, -0.05) is 0 Å². The van der Waals surface area contributed by atoms with E-state index in [1.165, 1.54) is 0 Å². The lowest BCUT2D eigenvalue weighted by Gasteiger charge is -2.33. The second kappa shape index (κ2) is 4.04. The lowest BCUT2D eigenvalue weighted by molar-refractivity contribution is -0.117. The minimum absolute atomic E-state index is 0.0933. The zero-order valence-electron chi connectivity index (χ0n) is 9.78. The normalized spacial score (nSPS) is 14.8. The van der Waals surface area contributed by atoms with Gasteiger partial charge < -0.3 is 15.0 Å². The summed E-state index contributed by atoms with van der Waals surface area (Å²) in [6, 6.07) is 5.87. The van der Waals surface area contributed by atoms with Gasteiger partial charge in [-0.2, -0.15) is 0 Å². The fraction of sp³-hybridized carbons (Fsp3) is 0.417. The Bertz CT molecular complexity index is 415. The van der Waals surface area contributed by atoms with Crippen LogP contribution in [0.2, 0.25) is 0 Å². The van der Waals surface area contributed by atoms with E-state index in [0.717, 1.165) is 17.1 Å². The molecule has 2 rings (SSSR count). The second-order valence-electron chi connectivity index (χ2n) is 4.09. The van der Waals surface area contributed by atoms with Crippen LogP contribution in [0.15, 0.2) is 18.2 Å². The SMILES string of the molecule is COc1ccc2c(c1)N(C(C)C)C(=O)CN2. The van der Waals surface area contributed by atoms with Crippen LogP contribution in [0.1, 0.15) is 13.8 Å². The van der Waals surface area contributed by atoms with Gasteiger partial charge >= 0.3 is 0 Å². The minimum Gasteiger partial charge on any atom is -0.497 e. The molecular weight excluding hydrogens is 204 g/mol. The molecule has 0 saturated heterocycles. The Morgan fingerprint density at radius 3 is 2.81 bits per heavy atom. The molecule has 0 aliphatic carbocycles. The van der Waals surface area contributed by atoms with E-state index in [1.807, 2.05) is 32.0 Å². The molecule has 0 radical (unpaired) electrons. The average Bonchev–Trinajstić information content (AvgIpc) is 2.27. The van der Waals surface area contributed by atoms with Crippen LogP contribution in [0.4, 0.5) is 11.4 Å². The zero-order valence-corrected chi connectivity index (χ0v) is 9.78. The summed E-state index contributed by atoms with van der Waals surface area (Å²) in [5.74, 6) is 0.858. The number of benzene rings is 1. The van der Waals surface area contributed by atoms with Gasteiger partial charge in [0.1, 0.15) is 5.75 Å². The van der Waals surface area contributed by atoms with Crippen molar-refractivity contribution >= 4 is 17.3 Å². The number of carbonyl (C=O) groups excluding carboxylic acids is 1. The van der Waals surface area contributed by atoms with Gasteiger partial charge in [0.15, 0.2) is 0 Å². The van der Waals surface area contributed by atoms with Crippen LogP contribution >= 0.6 is 0 Å². The molecule has 0 atom stereocenters. The number of rotatable bonds is 2. The highest BCUT2D eigenvalue weighted by Crippen LogP contribution is 2.34. The fourth-order valence-electron chi connectivity index (χ4n) is 1.94. The van der Waals surface area contributed by atoms with E-state index >= 15 is 0 Å². The summed E-state index contributed by atoms with van der Waals surface area (Å²) in [4.78, 5) is 13.6. The number of nitrogens with zero attached hydrogens (tertiary/aromatic N) is 1. The first-order valence-electron chi connectivity index (χ1n) is 5.37. The van der Waals surface area contributed by atoms with Gasteiger partial charge in [-0.15, -0.1) is 0 Å². The Labute approximate surface area is 95.2 Å². The molecule has 0 unspecified atom stereocenters. The minimum atomic E-state index is 0.0933. The standard InChI is InChI=1S/C12H16N2O2/c1-8(2)14-11-6-9(16-3)4-5-10(11)13-7-12(14)15/h4-6,8,13H,7H2,1-3H3. The number of ether oxygens (including phenoxy) is 1. The largest absolute Gasteiger partial charge is 0.497 e. The topological polar surface area (TPSA) is 41.6 Å². The summed E-state index contributed by atoms with van der Waals surface area (Å²) >= 11 is 0. The first-order chi connectivity index (χ1) is 7.63. The van der Waals surface area contributed by atoms with Crippen LogP contribution in [0.5, 0.6) is 5.75 Å². The van der Waals surface area contributed by atoms with Crippen LogP contribution in [0.25, 0.3) is 0 Å². The molecular formula is C12H16N2O2. The molecule has 0 spiro atoms. The van der Waals surface area contributed by atoms with Crippen LogP contribution < -0.4 is 15.0 Å². The van der Waals surface area contributed by atoms with Crippen LogP contribution in [0, 0.1) is 0 Å². The van der Waals surface area contributed by atoms with Crippen molar-refractivity contribution in [2.45, 2.75) is 19.9 Å². The molecule has 1 amide bonds. The van der Waals surface area contributed by atoms with Gasteiger partial charge in [0.05, 0.1) is 25.0 Å². The highest BCUT2D eigenvalue weighted by Gasteiger charge is 2.26. The van der Waals surface area contributed by atoms with Crippen molar-refractivity contribution in [3.8, 4) is 5.75 Å². The van der Waals surface area contributed by atoms with Crippen molar-refractivity contribution < 1.29 is 9.53 Å². The van der Waals surface area contributed by atoms with Crippen LogP contribution in [-0.4, -0.2) is 25.6 Å². The molecule has 1 aromatic carbocycles. The Morgan fingerprint density at radius 2 is 2.19 bits per heavy atom. The number of amides is 1. The smallest absolute Gasteiger partial charge is 0.246 e. The highest BCUT2D eigenvalue weighted by atomic mass is 16.5. The Morgan fingerprint density at radius 1 is 1.44 bits per heavy atom. The van der Waals surface area contributed by atoms with E-state index in [1.54, 1.807) is 12.0 Å². The van der Waals surface area contributed by atoms with Gasteiger partial charge in [0.25, 0.3) is 0 Å². The lowest BCUT2D eigenvalue weighted by atomic mass is 10.1. The molecule has 0 saturated carbocycles. The summed E-state index contributed by atoms with van der Waals surface area (Å²) in [7, 11) is 1.62. The van der Waals surface area contributed by atoms with Crippen molar-refractivity contribution in [3.05, 3.63) is 18.2 Å². The first-order valence-corrected chi connectivity index (χ1v) is 5.37. The Balaban J connectivity index is 2.48. The average molecular weight is 220 g/mol. The number of nitrogens with one attached hydrogen (secondary N) is 1. The number of hydrogen-bond acceptors (Lipinski definition) is 3. The van der Waals surface area contributed by atoms with Gasteiger partial charge in [0, 0.05) is 12.1 Å². The van der Waals surface area contributed by atoms with E-state index in [4.69, 9.17) is 4.74 Å².